The fourth-order valence-electron chi connectivity index (χ4n) is 2.02. The maximum atomic E-state index is 5.70. The highest BCUT2D eigenvalue weighted by molar-refractivity contribution is 5.28. The molecule has 2 heterocycles. The summed E-state index contributed by atoms with van der Waals surface area (Å²) in [6, 6.07) is 0. The second-order valence-corrected chi connectivity index (χ2v) is 4.96. The van der Waals surface area contributed by atoms with Gasteiger partial charge < -0.3 is 10.5 Å². The summed E-state index contributed by atoms with van der Waals surface area (Å²) in [5.74, 6) is 0. The summed E-state index contributed by atoms with van der Waals surface area (Å²) in [7, 11) is 0. The first kappa shape index (κ1) is 10.6. The molecule has 15 heavy (non-hydrogen) atoms. The van der Waals surface area contributed by atoms with Crippen molar-refractivity contribution in [2.45, 2.75) is 45.9 Å². The van der Waals surface area contributed by atoms with Crippen LogP contribution in [0, 0.1) is 0 Å². The van der Waals surface area contributed by atoms with Gasteiger partial charge in [-0.2, -0.15) is 5.10 Å². The monoisotopic (exact) mass is 209 g/mol. The van der Waals surface area contributed by atoms with Crippen LogP contribution < -0.4 is 5.73 Å². The number of hydrogen-bond acceptors (Lipinski definition) is 3. The van der Waals surface area contributed by atoms with Gasteiger partial charge >= 0.3 is 0 Å². The molecule has 4 nitrogen and oxygen atoms in total. The number of aromatic nitrogens is 2. The summed E-state index contributed by atoms with van der Waals surface area (Å²) in [4.78, 5) is 0. The molecule has 2 rings (SSSR count). The number of nitrogens with zero attached hydrogens (tertiary/aromatic N) is 2. The average Bonchev–Trinajstić information content (AvgIpc) is 2.55. The van der Waals surface area contributed by atoms with Gasteiger partial charge in [-0.3, -0.25) is 4.68 Å². The van der Waals surface area contributed by atoms with Crippen molar-refractivity contribution < 1.29 is 4.74 Å². The molecule has 0 aliphatic carbocycles. The molecule has 0 fully saturated rings. The highest BCUT2D eigenvalue weighted by Gasteiger charge is 2.25. The third-order valence-electron chi connectivity index (χ3n) is 2.73. The van der Waals surface area contributed by atoms with Gasteiger partial charge in [0.1, 0.15) is 0 Å². The van der Waals surface area contributed by atoms with E-state index in [0.29, 0.717) is 13.2 Å². The summed E-state index contributed by atoms with van der Waals surface area (Å²) in [6.07, 6.45) is 0.944. The Balaban J connectivity index is 2.52. The lowest BCUT2D eigenvalue weighted by molar-refractivity contribution is 0.106. The largest absolute Gasteiger partial charge is 0.376 e. The quantitative estimate of drug-likeness (QED) is 0.755. The molecule has 0 saturated heterocycles. The van der Waals surface area contributed by atoms with Gasteiger partial charge in [0.2, 0.25) is 0 Å². The summed E-state index contributed by atoms with van der Waals surface area (Å²) in [5, 5.41) is 4.59. The summed E-state index contributed by atoms with van der Waals surface area (Å²) >= 11 is 0. The molecule has 0 spiro atoms. The van der Waals surface area contributed by atoms with Crippen molar-refractivity contribution in [2.75, 3.05) is 6.61 Å². The molecule has 1 aliphatic heterocycles. The molecule has 0 atom stereocenters. The van der Waals surface area contributed by atoms with Crippen molar-refractivity contribution in [2.24, 2.45) is 5.73 Å². The fourth-order valence-corrected chi connectivity index (χ4v) is 2.02. The molecule has 4 heteroatoms. The Morgan fingerprint density at radius 3 is 2.80 bits per heavy atom. The number of nitrogens with two attached hydrogens (primary N) is 1. The molecule has 0 amide bonds. The molecule has 0 aromatic carbocycles. The Morgan fingerprint density at radius 2 is 2.20 bits per heavy atom. The minimum Gasteiger partial charge on any atom is -0.376 e. The van der Waals surface area contributed by atoms with Crippen LogP contribution in [-0.2, 0) is 29.8 Å². The Bertz CT molecular complexity index is 363. The first-order chi connectivity index (χ1) is 7.04. The van der Waals surface area contributed by atoms with E-state index in [1.807, 2.05) is 0 Å². The van der Waals surface area contributed by atoms with E-state index in [9.17, 15) is 0 Å². The predicted octanol–water partition coefficient (Wildman–Crippen LogP) is 1.17. The molecule has 84 valence electrons. The van der Waals surface area contributed by atoms with Gasteiger partial charge in [0.25, 0.3) is 0 Å². The lowest BCUT2D eigenvalue weighted by Crippen LogP contribution is -2.27. The van der Waals surface area contributed by atoms with Crippen LogP contribution in [0.25, 0.3) is 0 Å². The van der Waals surface area contributed by atoms with E-state index < -0.39 is 0 Å². The van der Waals surface area contributed by atoms with E-state index in [0.717, 1.165) is 18.7 Å². The Morgan fingerprint density at radius 1 is 1.47 bits per heavy atom. The standard InChI is InChI=1S/C11H19N3O/c1-11(2,3)14-10-4-5-15-7-8(10)9(6-12)13-14/h4-7,12H2,1-3H3. The first-order valence-electron chi connectivity index (χ1n) is 5.42. The van der Waals surface area contributed by atoms with Gasteiger partial charge in [0.05, 0.1) is 24.4 Å². The number of fused-ring (bicyclic) bond motifs is 1. The summed E-state index contributed by atoms with van der Waals surface area (Å²) < 4.78 is 7.56. The topological polar surface area (TPSA) is 53.1 Å². The van der Waals surface area contributed by atoms with Crippen LogP contribution >= 0.6 is 0 Å². The van der Waals surface area contributed by atoms with Crippen LogP contribution in [0.15, 0.2) is 0 Å². The predicted molar refractivity (Wildman–Crippen MR) is 58.5 cm³/mol. The Kier molecular flexibility index (Phi) is 2.56. The van der Waals surface area contributed by atoms with E-state index in [2.05, 4.69) is 30.6 Å². The lowest BCUT2D eigenvalue weighted by atomic mass is 10.1. The van der Waals surface area contributed by atoms with Crippen molar-refractivity contribution in [1.29, 1.82) is 0 Å². The van der Waals surface area contributed by atoms with Gasteiger partial charge in [-0.1, -0.05) is 0 Å². The fraction of sp³-hybridized carbons (Fsp3) is 0.727. The Labute approximate surface area is 90.4 Å². The molecule has 0 bridgehead atoms. The Hall–Kier alpha value is -0.870. The third-order valence-corrected chi connectivity index (χ3v) is 2.73. The van der Waals surface area contributed by atoms with Gasteiger partial charge in [0, 0.05) is 24.2 Å². The van der Waals surface area contributed by atoms with E-state index in [4.69, 9.17) is 10.5 Å². The molecular formula is C11H19N3O. The smallest absolute Gasteiger partial charge is 0.0818 e. The molecule has 2 N–H and O–H groups in total. The first-order valence-corrected chi connectivity index (χ1v) is 5.42. The van der Waals surface area contributed by atoms with Gasteiger partial charge in [-0.15, -0.1) is 0 Å². The number of hydrogen-bond donors (Lipinski definition) is 1. The van der Waals surface area contributed by atoms with E-state index in [1.54, 1.807) is 0 Å². The normalized spacial score (nSPS) is 16.5. The molecule has 1 aromatic heterocycles. The second-order valence-electron chi connectivity index (χ2n) is 4.96. The maximum absolute atomic E-state index is 5.70. The zero-order valence-corrected chi connectivity index (χ0v) is 9.71. The molecule has 0 radical (unpaired) electrons. The van der Waals surface area contributed by atoms with Gasteiger partial charge in [-0.05, 0) is 20.8 Å². The van der Waals surface area contributed by atoms with E-state index in [1.165, 1.54) is 11.3 Å². The van der Waals surface area contributed by atoms with Crippen LogP contribution in [-0.4, -0.2) is 16.4 Å². The van der Waals surface area contributed by atoms with Crippen LogP contribution in [0.2, 0.25) is 0 Å². The van der Waals surface area contributed by atoms with E-state index >= 15 is 0 Å². The van der Waals surface area contributed by atoms with Crippen LogP contribution in [0.3, 0.4) is 0 Å². The second kappa shape index (κ2) is 3.61. The average molecular weight is 209 g/mol. The molecular weight excluding hydrogens is 190 g/mol. The van der Waals surface area contributed by atoms with Crippen molar-refractivity contribution >= 4 is 0 Å². The minimum absolute atomic E-state index is 0.0227. The third kappa shape index (κ3) is 1.79. The zero-order chi connectivity index (χ0) is 11.1. The molecule has 0 unspecified atom stereocenters. The van der Waals surface area contributed by atoms with Gasteiger partial charge in [-0.25, -0.2) is 0 Å². The summed E-state index contributed by atoms with van der Waals surface area (Å²) in [6.45, 7) is 8.44. The van der Waals surface area contributed by atoms with Crippen LogP contribution in [0.1, 0.15) is 37.7 Å². The minimum atomic E-state index is 0.0227. The molecule has 1 aromatic rings. The molecule has 1 aliphatic rings. The van der Waals surface area contributed by atoms with Crippen LogP contribution in [0.5, 0.6) is 0 Å². The number of rotatable bonds is 1. The van der Waals surface area contributed by atoms with Gasteiger partial charge in [0.15, 0.2) is 0 Å². The molecule has 0 saturated carbocycles. The van der Waals surface area contributed by atoms with Crippen molar-refractivity contribution in [3.8, 4) is 0 Å². The van der Waals surface area contributed by atoms with E-state index in [-0.39, 0.29) is 5.54 Å². The lowest BCUT2D eigenvalue weighted by Gasteiger charge is -2.24. The highest BCUT2D eigenvalue weighted by atomic mass is 16.5. The number of ether oxygens (including phenoxy) is 1. The van der Waals surface area contributed by atoms with Crippen molar-refractivity contribution in [1.82, 2.24) is 9.78 Å². The summed E-state index contributed by atoms with van der Waals surface area (Å²) in [5.41, 5.74) is 9.21. The van der Waals surface area contributed by atoms with Crippen molar-refractivity contribution in [3.63, 3.8) is 0 Å². The zero-order valence-electron chi connectivity index (χ0n) is 9.71. The highest BCUT2D eigenvalue weighted by Crippen LogP contribution is 2.25. The van der Waals surface area contributed by atoms with Crippen LogP contribution in [0.4, 0.5) is 0 Å². The maximum Gasteiger partial charge on any atom is 0.0818 e. The van der Waals surface area contributed by atoms with Crippen molar-refractivity contribution in [3.05, 3.63) is 17.0 Å². The SMILES string of the molecule is CC(C)(C)n1nc(CN)c2c1CCOC2.